The quantitative estimate of drug-likeness (QED) is 0.288. The molecule has 1 unspecified atom stereocenters. The van der Waals surface area contributed by atoms with Gasteiger partial charge in [-0.05, 0) is 60.0 Å². The van der Waals surface area contributed by atoms with Gasteiger partial charge in [-0.1, -0.05) is 72.8 Å². The van der Waals surface area contributed by atoms with Gasteiger partial charge in [0.1, 0.15) is 5.60 Å². The van der Waals surface area contributed by atoms with Crippen molar-refractivity contribution in [3.8, 4) is 5.69 Å². The predicted molar refractivity (Wildman–Crippen MR) is 164 cm³/mol. The van der Waals surface area contributed by atoms with Crippen molar-refractivity contribution < 1.29 is 5.11 Å². The molecular weight excluding hydrogens is 496 g/mol. The lowest BCUT2D eigenvalue weighted by atomic mass is 9.80. The number of hydrogen-bond acceptors (Lipinski definition) is 4. The van der Waals surface area contributed by atoms with E-state index < -0.39 is 5.60 Å². The second kappa shape index (κ2) is 10.9. The topological polar surface area (TPSA) is 53.6 Å². The summed E-state index contributed by atoms with van der Waals surface area (Å²) in [5.74, 6) is 0. The van der Waals surface area contributed by atoms with Crippen LogP contribution in [0.2, 0.25) is 0 Å². The van der Waals surface area contributed by atoms with E-state index in [0.717, 1.165) is 23.6 Å². The molecule has 1 heterocycles. The molecule has 4 aromatic carbocycles. The third-order valence-electron chi connectivity index (χ3n) is 7.71. The first kappa shape index (κ1) is 27.0. The van der Waals surface area contributed by atoms with Gasteiger partial charge in [0.15, 0.2) is 0 Å². The highest BCUT2D eigenvalue weighted by molar-refractivity contribution is 5.56. The van der Waals surface area contributed by atoms with E-state index >= 15 is 0 Å². The van der Waals surface area contributed by atoms with Crippen LogP contribution in [0.3, 0.4) is 0 Å². The van der Waals surface area contributed by atoms with E-state index in [-0.39, 0.29) is 5.56 Å². The molecule has 5 rings (SSSR count). The van der Waals surface area contributed by atoms with Crippen molar-refractivity contribution in [3.05, 3.63) is 147 Å². The summed E-state index contributed by atoms with van der Waals surface area (Å²) in [6.07, 6.45) is 0. The van der Waals surface area contributed by atoms with Crippen LogP contribution in [0.15, 0.2) is 114 Å². The fraction of sp³-hybridized carbons (Fsp3) is 0.206. The number of nitrogens with zero attached hydrogens (tertiary/aromatic N) is 4. The molecule has 0 radical (unpaired) electrons. The molecule has 0 aliphatic heterocycles. The van der Waals surface area contributed by atoms with Crippen molar-refractivity contribution in [2.75, 3.05) is 30.9 Å². The molecule has 6 heteroatoms. The predicted octanol–water partition coefficient (Wildman–Crippen LogP) is 5.47. The number of rotatable bonds is 8. The molecule has 0 saturated heterocycles. The van der Waals surface area contributed by atoms with Crippen molar-refractivity contribution in [2.24, 2.45) is 7.05 Å². The summed E-state index contributed by atoms with van der Waals surface area (Å²) in [6.45, 7) is 2.65. The zero-order valence-electron chi connectivity index (χ0n) is 23.7. The lowest BCUT2D eigenvalue weighted by Crippen LogP contribution is -2.35. The molecule has 0 amide bonds. The van der Waals surface area contributed by atoms with E-state index in [1.54, 1.807) is 4.68 Å². The van der Waals surface area contributed by atoms with Crippen LogP contribution >= 0.6 is 0 Å². The van der Waals surface area contributed by atoms with E-state index in [1.165, 1.54) is 5.56 Å². The minimum absolute atomic E-state index is 0.254. The largest absolute Gasteiger partial charge is 0.378 e. The van der Waals surface area contributed by atoms with Gasteiger partial charge in [-0.15, -0.1) is 0 Å². The van der Waals surface area contributed by atoms with Crippen LogP contribution in [0.5, 0.6) is 0 Å². The first-order chi connectivity index (χ1) is 19.2. The number of para-hydroxylation sites is 1. The van der Waals surface area contributed by atoms with Crippen molar-refractivity contribution >= 4 is 11.4 Å². The van der Waals surface area contributed by atoms with Crippen molar-refractivity contribution in [3.63, 3.8) is 0 Å². The average molecular weight is 533 g/mol. The highest BCUT2D eigenvalue weighted by atomic mass is 16.3. The Labute approximate surface area is 236 Å². The van der Waals surface area contributed by atoms with Gasteiger partial charge in [-0.3, -0.25) is 9.48 Å². The van der Waals surface area contributed by atoms with Gasteiger partial charge in [0.2, 0.25) is 0 Å². The van der Waals surface area contributed by atoms with Crippen LogP contribution in [0.1, 0.15) is 27.9 Å². The highest BCUT2D eigenvalue weighted by Crippen LogP contribution is 2.38. The van der Waals surface area contributed by atoms with Crippen LogP contribution in [-0.4, -0.2) is 35.6 Å². The van der Waals surface area contributed by atoms with Crippen molar-refractivity contribution in [1.82, 2.24) is 9.36 Å². The molecular formula is C34H36N4O2. The minimum Gasteiger partial charge on any atom is -0.378 e. The Kier molecular flexibility index (Phi) is 7.37. The van der Waals surface area contributed by atoms with Gasteiger partial charge in [0.25, 0.3) is 5.56 Å². The first-order valence-corrected chi connectivity index (χ1v) is 13.4. The summed E-state index contributed by atoms with van der Waals surface area (Å²) in [6, 6.07) is 35.4. The smallest absolute Gasteiger partial charge is 0.278 e. The molecule has 1 aromatic heterocycles. The molecule has 5 aromatic rings. The molecule has 1 N–H and O–H groups in total. The molecule has 6 nitrogen and oxygen atoms in total. The normalized spacial score (nSPS) is 12.7. The number of aromatic nitrogens is 2. The fourth-order valence-electron chi connectivity index (χ4n) is 5.35. The summed E-state index contributed by atoms with van der Waals surface area (Å²) in [4.78, 5) is 18.3. The lowest BCUT2D eigenvalue weighted by Gasteiger charge is -2.30. The Balaban J connectivity index is 1.64. The maximum absolute atomic E-state index is 14.1. The standard InChI is InChI=1S/C34H36N4O2/c1-25-32(33(39)38(37(25)5)31-14-10-7-11-15-31)34(40,27-16-20-29(21-17-27)35(2)3)28-18-22-30(23-19-28)36(4)24-26-12-8-6-9-13-26/h6-23,40H,24H2,1-5H3. The van der Waals surface area contributed by atoms with Crippen LogP contribution in [0.4, 0.5) is 11.4 Å². The van der Waals surface area contributed by atoms with Gasteiger partial charge in [-0.25, -0.2) is 4.68 Å². The Hall–Kier alpha value is -4.55. The van der Waals surface area contributed by atoms with E-state index in [2.05, 4.69) is 17.0 Å². The van der Waals surface area contributed by atoms with E-state index in [1.807, 2.05) is 142 Å². The van der Waals surface area contributed by atoms with Crippen molar-refractivity contribution in [2.45, 2.75) is 19.1 Å². The number of hydrogen-bond donors (Lipinski definition) is 1. The summed E-state index contributed by atoms with van der Waals surface area (Å²) in [5.41, 5.74) is 4.36. The second-order valence-corrected chi connectivity index (χ2v) is 10.5. The molecule has 40 heavy (non-hydrogen) atoms. The van der Waals surface area contributed by atoms with Gasteiger partial charge >= 0.3 is 0 Å². The molecule has 204 valence electrons. The SMILES string of the molecule is Cc1c(C(O)(c2ccc(N(C)C)cc2)c2ccc(N(C)Cc3ccccc3)cc2)c(=O)n(-c2ccccc2)n1C. The fourth-order valence-corrected chi connectivity index (χ4v) is 5.35. The summed E-state index contributed by atoms with van der Waals surface area (Å²) in [7, 11) is 7.86. The first-order valence-electron chi connectivity index (χ1n) is 13.4. The zero-order chi connectivity index (χ0) is 28.4. The van der Waals surface area contributed by atoms with Gasteiger partial charge in [0.05, 0.1) is 11.3 Å². The van der Waals surface area contributed by atoms with Crippen LogP contribution in [-0.2, 0) is 19.2 Å². The minimum atomic E-state index is -1.67. The van der Waals surface area contributed by atoms with Crippen molar-refractivity contribution in [1.29, 1.82) is 0 Å². The molecule has 0 bridgehead atoms. The lowest BCUT2D eigenvalue weighted by molar-refractivity contribution is 0.124. The molecule has 0 aliphatic carbocycles. The van der Waals surface area contributed by atoms with Gasteiger partial charge < -0.3 is 14.9 Å². The van der Waals surface area contributed by atoms with Gasteiger partial charge in [0, 0.05) is 51.8 Å². The summed E-state index contributed by atoms with van der Waals surface area (Å²) in [5, 5.41) is 12.7. The average Bonchev–Trinajstić information content (AvgIpc) is 3.21. The molecule has 0 fully saturated rings. The zero-order valence-corrected chi connectivity index (χ0v) is 23.7. The molecule has 0 saturated carbocycles. The van der Waals surface area contributed by atoms with E-state index in [0.29, 0.717) is 22.4 Å². The Bertz CT molecular complexity index is 1640. The third-order valence-corrected chi connectivity index (χ3v) is 7.71. The Morgan fingerprint density at radius 2 is 1.23 bits per heavy atom. The number of benzene rings is 4. The van der Waals surface area contributed by atoms with Crippen LogP contribution in [0.25, 0.3) is 5.69 Å². The Morgan fingerprint density at radius 1 is 0.725 bits per heavy atom. The maximum atomic E-state index is 14.1. The van der Waals surface area contributed by atoms with Gasteiger partial charge in [-0.2, -0.15) is 0 Å². The van der Waals surface area contributed by atoms with Crippen LogP contribution in [0, 0.1) is 6.92 Å². The van der Waals surface area contributed by atoms with Crippen LogP contribution < -0.4 is 15.4 Å². The highest BCUT2D eigenvalue weighted by Gasteiger charge is 2.40. The molecule has 0 aliphatic rings. The maximum Gasteiger partial charge on any atom is 0.278 e. The van der Waals surface area contributed by atoms with E-state index in [4.69, 9.17) is 0 Å². The molecule has 1 atom stereocenters. The number of anilines is 2. The monoisotopic (exact) mass is 532 g/mol. The third kappa shape index (κ3) is 4.82. The second-order valence-electron chi connectivity index (χ2n) is 10.5. The molecule has 0 spiro atoms. The Morgan fingerprint density at radius 3 is 1.75 bits per heavy atom. The number of aliphatic hydroxyl groups is 1. The summed E-state index contributed by atoms with van der Waals surface area (Å²) >= 11 is 0. The summed E-state index contributed by atoms with van der Waals surface area (Å²) < 4.78 is 3.43. The van der Waals surface area contributed by atoms with E-state index in [9.17, 15) is 9.90 Å².